The lowest BCUT2D eigenvalue weighted by Crippen LogP contribution is -2.32. The largest absolute Gasteiger partial charge is 0.469 e. The van der Waals surface area contributed by atoms with Gasteiger partial charge < -0.3 is 9.64 Å². The van der Waals surface area contributed by atoms with Crippen molar-refractivity contribution in [3.05, 3.63) is 0 Å². The molecule has 0 spiro atoms. The molecule has 4 nitrogen and oxygen atoms in total. The fraction of sp³-hybridized carbons (Fsp3) is 0.875. The number of carbonyl (C=O) groups is 2. The number of rotatable bonds is 8. The Morgan fingerprint density at radius 3 is 2.45 bits per heavy atom. The highest BCUT2D eigenvalue weighted by atomic mass is 16.5. The zero-order valence-corrected chi connectivity index (χ0v) is 13.0. The van der Waals surface area contributed by atoms with Gasteiger partial charge in [0.2, 0.25) is 5.91 Å². The smallest absolute Gasteiger partial charge is 0.307 e. The maximum atomic E-state index is 12.1. The lowest BCUT2D eigenvalue weighted by Gasteiger charge is -2.23. The first-order valence-corrected chi connectivity index (χ1v) is 8.02. The number of nitrogens with zero attached hydrogens (tertiary/aromatic N) is 1. The zero-order valence-electron chi connectivity index (χ0n) is 13.0. The molecule has 0 heterocycles. The molecule has 0 aromatic rings. The van der Waals surface area contributed by atoms with E-state index in [2.05, 4.69) is 4.74 Å². The van der Waals surface area contributed by atoms with Gasteiger partial charge in [0.25, 0.3) is 0 Å². The van der Waals surface area contributed by atoms with Gasteiger partial charge in [0.1, 0.15) is 0 Å². The Morgan fingerprint density at radius 2 is 1.85 bits per heavy atom. The second kappa shape index (κ2) is 9.78. The summed E-state index contributed by atoms with van der Waals surface area (Å²) in [4.78, 5) is 25.0. The number of ether oxygens (including phenoxy) is 1. The number of hydrogen-bond acceptors (Lipinski definition) is 3. The second-order valence-corrected chi connectivity index (χ2v) is 5.70. The number of methoxy groups -OCH3 is 1. The van der Waals surface area contributed by atoms with Gasteiger partial charge in [0.05, 0.1) is 13.5 Å². The molecule has 0 bridgehead atoms. The van der Waals surface area contributed by atoms with Gasteiger partial charge in [-0.3, -0.25) is 9.59 Å². The minimum atomic E-state index is -0.251. The average Bonchev–Trinajstić information content (AvgIpc) is 2.48. The second-order valence-electron chi connectivity index (χ2n) is 5.70. The van der Waals surface area contributed by atoms with E-state index in [0.29, 0.717) is 25.9 Å². The van der Waals surface area contributed by atoms with Crippen LogP contribution in [0.2, 0.25) is 0 Å². The first-order chi connectivity index (χ1) is 9.67. The van der Waals surface area contributed by atoms with E-state index in [1.165, 1.54) is 45.6 Å². The van der Waals surface area contributed by atoms with Crippen LogP contribution < -0.4 is 0 Å². The number of amides is 1. The monoisotopic (exact) mass is 283 g/mol. The van der Waals surface area contributed by atoms with E-state index in [-0.39, 0.29) is 11.9 Å². The number of carbonyl (C=O) groups excluding carboxylic acids is 2. The SMILES string of the molecule is CCN(CCC(=O)OC)C(=O)CCCC1CCCCC1. The Labute approximate surface area is 122 Å². The van der Waals surface area contributed by atoms with Gasteiger partial charge >= 0.3 is 5.97 Å². The van der Waals surface area contributed by atoms with E-state index in [4.69, 9.17) is 0 Å². The van der Waals surface area contributed by atoms with Gasteiger partial charge in [-0.15, -0.1) is 0 Å². The molecule has 4 heteroatoms. The van der Waals surface area contributed by atoms with Crippen molar-refractivity contribution in [3.8, 4) is 0 Å². The van der Waals surface area contributed by atoms with Gasteiger partial charge in [-0.05, 0) is 25.7 Å². The third kappa shape index (κ3) is 6.40. The molecule has 1 fully saturated rings. The van der Waals surface area contributed by atoms with Crippen LogP contribution in [-0.4, -0.2) is 37.0 Å². The Morgan fingerprint density at radius 1 is 1.15 bits per heavy atom. The third-order valence-corrected chi connectivity index (χ3v) is 4.28. The molecule has 1 amide bonds. The molecule has 20 heavy (non-hydrogen) atoms. The molecule has 116 valence electrons. The molecule has 0 aromatic heterocycles. The average molecular weight is 283 g/mol. The standard InChI is InChI=1S/C16H29NO3/c1-3-17(13-12-16(19)20-2)15(18)11-7-10-14-8-5-4-6-9-14/h14H,3-13H2,1-2H3. The van der Waals surface area contributed by atoms with Gasteiger partial charge in [0, 0.05) is 19.5 Å². The highest BCUT2D eigenvalue weighted by molar-refractivity contribution is 5.77. The van der Waals surface area contributed by atoms with Gasteiger partial charge in [-0.1, -0.05) is 32.1 Å². The molecule has 1 rings (SSSR count). The fourth-order valence-corrected chi connectivity index (χ4v) is 2.96. The van der Waals surface area contributed by atoms with Gasteiger partial charge in [-0.25, -0.2) is 0 Å². The van der Waals surface area contributed by atoms with Crippen molar-refractivity contribution in [2.45, 2.75) is 64.7 Å². The summed E-state index contributed by atoms with van der Waals surface area (Å²) in [6, 6.07) is 0. The van der Waals surface area contributed by atoms with Gasteiger partial charge in [-0.2, -0.15) is 0 Å². The summed E-state index contributed by atoms with van der Waals surface area (Å²) in [6.45, 7) is 3.10. The molecular formula is C16H29NO3. The van der Waals surface area contributed by atoms with Crippen LogP contribution >= 0.6 is 0 Å². The maximum Gasteiger partial charge on any atom is 0.307 e. The van der Waals surface area contributed by atoms with Crippen LogP contribution in [0.1, 0.15) is 64.7 Å². The van der Waals surface area contributed by atoms with Crippen molar-refractivity contribution in [2.75, 3.05) is 20.2 Å². The predicted octanol–water partition coefficient (Wildman–Crippen LogP) is 3.15. The quantitative estimate of drug-likeness (QED) is 0.643. The van der Waals surface area contributed by atoms with Crippen LogP contribution in [0.15, 0.2) is 0 Å². The summed E-state index contributed by atoms with van der Waals surface area (Å²) >= 11 is 0. The fourth-order valence-electron chi connectivity index (χ4n) is 2.96. The molecule has 0 aromatic carbocycles. The molecule has 0 saturated heterocycles. The minimum absolute atomic E-state index is 0.173. The van der Waals surface area contributed by atoms with E-state index >= 15 is 0 Å². The highest BCUT2D eigenvalue weighted by Crippen LogP contribution is 2.27. The molecular weight excluding hydrogens is 254 g/mol. The van der Waals surface area contributed by atoms with Crippen LogP contribution in [-0.2, 0) is 14.3 Å². The number of esters is 1. The summed E-state index contributed by atoms with van der Waals surface area (Å²) in [5.74, 6) is 0.757. The van der Waals surface area contributed by atoms with Crippen LogP contribution in [0.4, 0.5) is 0 Å². The van der Waals surface area contributed by atoms with E-state index in [1.807, 2.05) is 6.92 Å². The van der Waals surface area contributed by atoms with Crippen LogP contribution in [0.25, 0.3) is 0 Å². The number of hydrogen-bond donors (Lipinski definition) is 0. The van der Waals surface area contributed by atoms with E-state index in [1.54, 1.807) is 4.90 Å². The Hall–Kier alpha value is -1.06. The third-order valence-electron chi connectivity index (χ3n) is 4.28. The molecule has 1 aliphatic carbocycles. The summed E-state index contributed by atoms with van der Waals surface area (Å²) in [7, 11) is 1.38. The summed E-state index contributed by atoms with van der Waals surface area (Å²) in [5.41, 5.74) is 0. The highest BCUT2D eigenvalue weighted by Gasteiger charge is 2.16. The Kier molecular flexibility index (Phi) is 8.31. The van der Waals surface area contributed by atoms with E-state index in [0.717, 1.165) is 12.3 Å². The summed E-state index contributed by atoms with van der Waals surface area (Å²) < 4.78 is 4.61. The Balaban J connectivity index is 2.19. The van der Waals surface area contributed by atoms with E-state index < -0.39 is 0 Å². The van der Waals surface area contributed by atoms with Crippen LogP contribution in [0.3, 0.4) is 0 Å². The van der Waals surface area contributed by atoms with Crippen molar-refractivity contribution < 1.29 is 14.3 Å². The van der Waals surface area contributed by atoms with Crippen molar-refractivity contribution in [3.63, 3.8) is 0 Å². The van der Waals surface area contributed by atoms with Crippen molar-refractivity contribution in [2.24, 2.45) is 5.92 Å². The normalized spacial score (nSPS) is 15.9. The van der Waals surface area contributed by atoms with Gasteiger partial charge in [0.15, 0.2) is 0 Å². The Bertz CT molecular complexity index is 298. The molecule has 0 N–H and O–H groups in total. The van der Waals surface area contributed by atoms with E-state index in [9.17, 15) is 9.59 Å². The molecule has 0 radical (unpaired) electrons. The zero-order chi connectivity index (χ0) is 14.8. The first-order valence-electron chi connectivity index (χ1n) is 8.02. The van der Waals surface area contributed by atoms with Crippen LogP contribution in [0.5, 0.6) is 0 Å². The molecule has 0 unspecified atom stereocenters. The predicted molar refractivity (Wildman–Crippen MR) is 79.3 cm³/mol. The van der Waals surface area contributed by atoms with Crippen molar-refractivity contribution >= 4 is 11.9 Å². The molecule has 0 aliphatic heterocycles. The lowest BCUT2D eigenvalue weighted by molar-refractivity contribution is -0.141. The van der Waals surface area contributed by atoms with Crippen LogP contribution in [0, 0.1) is 5.92 Å². The summed E-state index contributed by atoms with van der Waals surface area (Å²) in [5, 5.41) is 0. The van der Waals surface area contributed by atoms with Crippen molar-refractivity contribution in [1.29, 1.82) is 0 Å². The summed E-state index contributed by atoms with van der Waals surface area (Å²) in [6.07, 6.45) is 9.86. The van der Waals surface area contributed by atoms with Crippen molar-refractivity contribution in [1.82, 2.24) is 4.90 Å². The topological polar surface area (TPSA) is 46.6 Å². The first kappa shape index (κ1) is 17.0. The molecule has 1 saturated carbocycles. The lowest BCUT2D eigenvalue weighted by atomic mass is 9.86. The molecule has 0 atom stereocenters. The maximum absolute atomic E-state index is 12.1. The molecule has 1 aliphatic rings. The minimum Gasteiger partial charge on any atom is -0.469 e.